The van der Waals surface area contributed by atoms with Gasteiger partial charge in [0.15, 0.2) is 0 Å². The smallest absolute Gasteiger partial charge is 0.323 e. The first-order valence-electron chi connectivity index (χ1n) is 5.73. The minimum Gasteiger partial charge on any atom is -0.468 e. The number of ether oxygens (including phenoxy) is 1. The minimum absolute atomic E-state index is 0.0647. The van der Waals surface area contributed by atoms with Gasteiger partial charge in [-0.2, -0.15) is 0 Å². The predicted molar refractivity (Wildman–Crippen MR) is 60.1 cm³/mol. The van der Waals surface area contributed by atoms with Crippen LogP contribution < -0.4 is 5.32 Å². The molecule has 0 aromatic carbocycles. The number of esters is 1. The lowest BCUT2D eigenvalue weighted by Gasteiger charge is -2.31. The first-order valence-corrected chi connectivity index (χ1v) is 5.73. The highest BCUT2D eigenvalue weighted by Gasteiger charge is 2.32. The molecule has 1 aliphatic rings. The van der Waals surface area contributed by atoms with Crippen LogP contribution in [-0.4, -0.2) is 48.9 Å². The van der Waals surface area contributed by atoms with Crippen LogP contribution in [0.5, 0.6) is 0 Å². The second kappa shape index (κ2) is 6.34. The van der Waals surface area contributed by atoms with Gasteiger partial charge in [0.05, 0.1) is 20.2 Å². The fourth-order valence-electron chi connectivity index (χ4n) is 1.86. The summed E-state index contributed by atoms with van der Waals surface area (Å²) in [4.78, 5) is 35.7. The Labute approximate surface area is 100 Å². The van der Waals surface area contributed by atoms with Crippen LogP contribution in [0, 0.1) is 0 Å². The second-order valence-electron chi connectivity index (χ2n) is 4.06. The van der Waals surface area contributed by atoms with Crippen molar-refractivity contribution in [3.8, 4) is 0 Å². The maximum atomic E-state index is 11.6. The molecule has 0 saturated carbocycles. The lowest BCUT2D eigenvalue weighted by Crippen LogP contribution is -2.56. The van der Waals surface area contributed by atoms with Crippen molar-refractivity contribution < 1.29 is 19.1 Å². The number of piperazine rings is 1. The minimum atomic E-state index is -0.505. The molecule has 1 aliphatic heterocycles. The summed E-state index contributed by atoms with van der Waals surface area (Å²) in [5, 5.41) is 2.21. The van der Waals surface area contributed by atoms with Crippen LogP contribution in [0.3, 0.4) is 0 Å². The van der Waals surface area contributed by atoms with Crippen molar-refractivity contribution in [1.29, 1.82) is 0 Å². The van der Waals surface area contributed by atoms with Crippen LogP contribution in [0.1, 0.15) is 26.2 Å². The van der Waals surface area contributed by atoms with E-state index in [0.717, 1.165) is 12.8 Å². The highest BCUT2D eigenvalue weighted by Crippen LogP contribution is 2.12. The Morgan fingerprint density at radius 3 is 2.47 bits per heavy atom. The van der Waals surface area contributed by atoms with Gasteiger partial charge >= 0.3 is 5.97 Å². The molecule has 1 N–H and O–H groups in total. The highest BCUT2D eigenvalue weighted by atomic mass is 16.5. The van der Waals surface area contributed by atoms with Crippen LogP contribution >= 0.6 is 0 Å². The van der Waals surface area contributed by atoms with E-state index in [1.807, 2.05) is 6.92 Å². The highest BCUT2D eigenvalue weighted by molar-refractivity contribution is 5.99. The summed E-state index contributed by atoms with van der Waals surface area (Å²) in [6.45, 7) is 2.15. The van der Waals surface area contributed by atoms with Crippen LogP contribution in [0.4, 0.5) is 0 Å². The van der Waals surface area contributed by atoms with E-state index in [0.29, 0.717) is 6.42 Å². The summed E-state index contributed by atoms with van der Waals surface area (Å²) >= 11 is 0. The monoisotopic (exact) mass is 242 g/mol. The molecular formula is C11H18N2O4. The molecule has 1 fully saturated rings. The third kappa shape index (κ3) is 3.81. The molecule has 96 valence electrons. The number of nitrogens with one attached hydrogen (secondary N) is 1. The van der Waals surface area contributed by atoms with Gasteiger partial charge in [0, 0.05) is 0 Å². The van der Waals surface area contributed by atoms with Crippen molar-refractivity contribution in [1.82, 2.24) is 10.2 Å². The van der Waals surface area contributed by atoms with Crippen molar-refractivity contribution in [3.63, 3.8) is 0 Å². The van der Waals surface area contributed by atoms with E-state index >= 15 is 0 Å². The zero-order valence-corrected chi connectivity index (χ0v) is 10.2. The van der Waals surface area contributed by atoms with E-state index in [-0.39, 0.29) is 30.9 Å². The molecule has 0 spiro atoms. The molecule has 6 nitrogen and oxygen atoms in total. The zero-order valence-electron chi connectivity index (χ0n) is 10.2. The summed E-state index contributed by atoms with van der Waals surface area (Å²) in [7, 11) is 1.31. The molecule has 2 amide bonds. The van der Waals surface area contributed by atoms with Gasteiger partial charge < -0.3 is 4.74 Å². The predicted octanol–water partition coefficient (Wildman–Crippen LogP) is -0.323. The summed E-state index contributed by atoms with van der Waals surface area (Å²) in [6, 6.07) is -0.505. The first kappa shape index (κ1) is 13.6. The number of carbonyl (C=O) groups excluding carboxylic acids is 3. The van der Waals surface area contributed by atoms with E-state index in [2.05, 4.69) is 5.32 Å². The van der Waals surface area contributed by atoms with Crippen molar-refractivity contribution in [2.75, 3.05) is 20.2 Å². The lowest BCUT2D eigenvalue weighted by molar-refractivity contribution is -0.150. The average molecular weight is 242 g/mol. The van der Waals surface area contributed by atoms with Gasteiger partial charge in [-0.05, 0) is 6.42 Å². The first-order chi connectivity index (χ1) is 8.08. The topological polar surface area (TPSA) is 75.7 Å². The molecule has 17 heavy (non-hydrogen) atoms. The SMILES string of the molecule is CCCCC(C(=O)OC)N1CC(=O)NC(=O)C1. The van der Waals surface area contributed by atoms with Crippen LogP contribution in [0.15, 0.2) is 0 Å². The Morgan fingerprint density at radius 2 is 2.00 bits per heavy atom. The largest absolute Gasteiger partial charge is 0.468 e. The molecule has 0 aliphatic carbocycles. The Bertz CT molecular complexity index is 301. The number of nitrogens with zero attached hydrogens (tertiary/aromatic N) is 1. The Kier molecular flexibility index (Phi) is 5.09. The number of carbonyl (C=O) groups is 3. The van der Waals surface area contributed by atoms with Crippen molar-refractivity contribution in [3.05, 3.63) is 0 Å². The molecule has 1 saturated heterocycles. The molecule has 1 heterocycles. The summed E-state index contributed by atoms with van der Waals surface area (Å²) in [5.41, 5.74) is 0. The molecule has 6 heteroatoms. The molecular weight excluding hydrogens is 224 g/mol. The number of hydrogen-bond acceptors (Lipinski definition) is 5. The summed E-state index contributed by atoms with van der Waals surface area (Å²) in [6.07, 6.45) is 2.40. The van der Waals surface area contributed by atoms with Gasteiger partial charge in [0.2, 0.25) is 11.8 Å². The van der Waals surface area contributed by atoms with Crippen molar-refractivity contribution in [2.45, 2.75) is 32.2 Å². The molecule has 0 radical (unpaired) electrons. The zero-order chi connectivity index (χ0) is 12.8. The number of unbranched alkanes of at least 4 members (excludes halogenated alkanes) is 1. The van der Waals surface area contributed by atoms with Gasteiger partial charge in [0.1, 0.15) is 6.04 Å². The Morgan fingerprint density at radius 1 is 1.41 bits per heavy atom. The van der Waals surface area contributed by atoms with Gasteiger partial charge in [-0.3, -0.25) is 24.6 Å². The maximum Gasteiger partial charge on any atom is 0.323 e. The number of amides is 2. The average Bonchev–Trinajstić information content (AvgIpc) is 2.28. The van der Waals surface area contributed by atoms with Crippen molar-refractivity contribution in [2.24, 2.45) is 0 Å². The Balaban J connectivity index is 2.70. The number of rotatable bonds is 5. The molecule has 1 unspecified atom stereocenters. The van der Waals surface area contributed by atoms with E-state index < -0.39 is 6.04 Å². The van der Waals surface area contributed by atoms with E-state index in [1.54, 1.807) is 4.90 Å². The molecule has 0 aromatic rings. The lowest BCUT2D eigenvalue weighted by atomic mass is 10.1. The molecule has 1 rings (SSSR count). The molecule has 1 atom stereocenters. The van der Waals surface area contributed by atoms with Crippen LogP contribution in [0.25, 0.3) is 0 Å². The van der Waals surface area contributed by atoms with E-state index in [4.69, 9.17) is 4.74 Å². The second-order valence-corrected chi connectivity index (χ2v) is 4.06. The normalized spacial score (nSPS) is 18.7. The number of methoxy groups -OCH3 is 1. The Hall–Kier alpha value is -1.43. The van der Waals surface area contributed by atoms with E-state index in [1.165, 1.54) is 7.11 Å². The fourth-order valence-corrected chi connectivity index (χ4v) is 1.86. The van der Waals surface area contributed by atoms with Gasteiger partial charge in [-0.1, -0.05) is 19.8 Å². The van der Waals surface area contributed by atoms with Gasteiger partial charge in [-0.25, -0.2) is 0 Å². The number of hydrogen-bond donors (Lipinski definition) is 1. The number of imide groups is 1. The summed E-state index contributed by atoms with van der Waals surface area (Å²) in [5.74, 6) is -1.13. The maximum absolute atomic E-state index is 11.6. The van der Waals surface area contributed by atoms with E-state index in [9.17, 15) is 14.4 Å². The van der Waals surface area contributed by atoms with Crippen LogP contribution in [-0.2, 0) is 19.1 Å². The third-order valence-corrected chi connectivity index (χ3v) is 2.72. The molecule has 0 bridgehead atoms. The van der Waals surface area contributed by atoms with Gasteiger partial charge in [-0.15, -0.1) is 0 Å². The quantitative estimate of drug-likeness (QED) is 0.528. The third-order valence-electron chi connectivity index (χ3n) is 2.72. The van der Waals surface area contributed by atoms with Crippen molar-refractivity contribution >= 4 is 17.8 Å². The summed E-state index contributed by atoms with van der Waals surface area (Å²) < 4.78 is 4.71. The van der Waals surface area contributed by atoms with Crippen LogP contribution in [0.2, 0.25) is 0 Å². The standard InChI is InChI=1S/C11H18N2O4/c1-3-4-5-8(11(16)17-2)13-6-9(14)12-10(15)7-13/h8H,3-7H2,1-2H3,(H,12,14,15). The van der Waals surface area contributed by atoms with Gasteiger partial charge in [0.25, 0.3) is 0 Å². The molecule has 0 aromatic heterocycles. The fraction of sp³-hybridized carbons (Fsp3) is 0.727.